The predicted molar refractivity (Wildman–Crippen MR) is 39.7 cm³/mol. The van der Waals surface area contributed by atoms with E-state index in [-0.39, 0.29) is 12.1 Å². The monoisotopic (exact) mass is 173 g/mol. The molecule has 12 heavy (non-hydrogen) atoms. The maximum absolute atomic E-state index is 10.2. The van der Waals surface area contributed by atoms with Crippen LogP contribution in [0.1, 0.15) is 19.3 Å². The van der Waals surface area contributed by atoms with Gasteiger partial charge in [-0.15, -0.1) is 0 Å². The zero-order valence-electron chi connectivity index (χ0n) is 6.53. The molecule has 0 bridgehead atoms. The van der Waals surface area contributed by atoms with E-state index in [4.69, 9.17) is 9.84 Å². The van der Waals surface area contributed by atoms with Crippen molar-refractivity contribution in [3.63, 3.8) is 0 Å². The van der Waals surface area contributed by atoms with Crippen LogP contribution in [0.25, 0.3) is 0 Å². The molecule has 0 aliphatic heterocycles. The lowest BCUT2D eigenvalue weighted by molar-refractivity contribution is -0.133. The zero-order chi connectivity index (χ0) is 8.97. The Morgan fingerprint density at radius 2 is 2.33 bits per heavy atom. The van der Waals surface area contributed by atoms with Crippen LogP contribution in [0.5, 0.6) is 0 Å². The third kappa shape index (κ3) is 2.41. The Hall–Kier alpha value is -1.26. The highest BCUT2D eigenvalue weighted by atomic mass is 16.5. The van der Waals surface area contributed by atoms with Gasteiger partial charge in [-0.2, -0.15) is 0 Å². The largest absolute Gasteiger partial charge is 0.465 e. The minimum atomic E-state index is -1.02. The lowest BCUT2D eigenvalue weighted by Gasteiger charge is -2.09. The van der Waals surface area contributed by atoms with Crippen molar-refractivity contribution in [3.8, 4) is 0 Å². The van der Waals surface area contributed by atoms with Gasteiger partial charge in [0.05, 0.1) is 0 Å². The smallest absolute Gasteiger partial charge is 0.404 e. The Bertz CT molecular complexity index is 182. The summed E-state index contributed by atoms with van der Waals surface area (Å²) in [4.78, 5) is 20.1. The van der Waals surface area contributed by atoms with E-state index in [9.17, 15) is 9.59 Å². The van der Waals surface area contributed by atoms with Crippen LogP contribution in [0.15, 0.2) is 0 Å². The molecule has 0 heterocycles. The Morgan fingerprint density at radius 1 is 1.58 bits per heavy atom. The fourth-order valence-electron chi connectivity index (χ4n) is 1.45. The summed E-state index contributed by atoms with van der Waals surface area (Å²) in [5, 5.41) is 10.7. The normalized spacial score (nSPS) is 28.0. The molecule has 0 aromatic rings. The number of carbonyl (C=O) groups excluding carboxylic acids is 1. The fraction of sp³-hybridized carbons (Fsp3) is 0.714. The Kier molecular flexibility index (Phi) is 2.90. The molecule has 0 saturated heterocycles. The summed E-state index contributed by atoms with van der Waals surface area (Å²) in [6.07, 6.45) is 0.936. The molecule has 1 fully saturated rings. The molecular weight excluding hydrogens is 162 g/mol. The molecule has 0 unspecified atom stereocenters. The number of hydrogen-bond donors (Lipinski definition) is 2. The van der Waals surface area contributed by atoms with Gasteiger partial charge in [-0.1, -0.05) is 0 Å². The van der Waals surface area contributed by atoms with E-state index in [1.807, 2.05) is 0 Å². The van der Waals surface area contributed by atoms with Crippen molar-refractivity contribution < 1.29 is 19.4 Å². The number of hydrogen-bond acceptors (Lipinski definition) is 3. The third-order valence-corrected chi connectivity index (χ3v) is 1.96. The standard InChI is InChI=1S/C7H11NO4/c9-4-12-6-2-1-5(3-6)8-7(10)11/h4-6,8H,1-3H2,(H,10,11)/t5-,6-/m0/s1. The van der Waals surface area contributed by atoms with Crippen LogP contribution in [0.4, 0.5) is 4.79 Å². The van der Waals surface area contributed by atoms with Gasteiger partial charge in [0.15, 0.2) is 0 Å². The minimum absolute atomic E-state index is 0.0625. The molecule has 2 atom stereocenters. The summed E-state index contributed by atoms with van der Waals surface area (Å²) < 4.78 is 4.70. The van der Waals surface area contributed by atoms with E-state index in [2.05, 4.69) is 5.32 Å². The number of ether oxygens (including phenoxy) is 1. The topological polar surface area (TPSA) is 75.6 Å². The first-order chi connectivity index (χ1) is 5.72. The first-order valence-corrected chi connectivity index (χ1v) is 3.81. The average Bonchev–Trinajstić information content (AvgIpc) is 2.36. The molecule has 5 nitrogen and oxygen atoms in total. The second-order valence-electron chi connectivity index (χ2n) is 2.81. The number of amides is 1. The SMILES string of the molecule is O=CO[C@H]1CC[C@H](NC(=O)O)C1. The number of carbonyl (C=O) groups is 2. The van der Waals surface area contributed by atoms with Crippen LogP contribution in [-0.2, 0) is 9.53 Å². The highest BCUT2D eigenvalue weighted by Crippen LogP contribution is 2.21. The number of rotatable bonds is 3. The summed E-state index contributed by atoms with van der Waals surface area (Å²) in [7, 11) is 0. The van der Waals surface area contributed by atoms with Crippen molar-refractivity contribution >= 4 is 12.6 Å². The van der Waals surface area contributed by atoms with E-state index >= 15 is 0 Å². The Balaban J connectivity index is 2.25. The van der Waals surface area contributed by atoms with Gasteiger partial charge >= 0.3 is 6.09 Å². The van der Waals surface area contributed by atoms with Crippen molar-refractivity contribution in [2.24, 2.45) is 0 Å². The molecule has 1 aliphatic rings. The van der Waals surface area contributed by atoms with Gasteiger partial charge in [-0.05, 0) is 12.8 Å². The molecule has 5 heteroatoms. The summed E-state index contributed by atoms with van der Waals surface area (Å²) in [6.45, 7) is 0.411. The number of nitrogens with one attached hydrogen (secondary N) is 1. The van der Waals surface area contributed by atoms with Gasteiger partial charge < -0.3 is 15.2 Å². The highest BCUT2D eigenvalue weighted by Gasteiger charge is 2.26. The van der Waals surface area contributed by atoms with E-state index in [1.165, 1.54) is 0 Å². The molecule has 1 saturated carbocycles. The summed E-state index contributed by atoms with van der Waals surface area (Å²) in [5.74, 6) is 0. The maximum atomic E-state index is 10.2. The van der Waals surface area contributed by atoms with Gasteiger partial charge in [-0.25, -0.2) is 4.79 Å². The molecule has 0 aromatic heterocycles. The van der Waals surface area contributed by atoms with Crippen LogP contribution in [0.3, 0.4) is 0 Å². The number of carboxylic acid groups (broad SMARTS) is 1. The first kappa shape index (κ1) is 8.83. The van der Waals surface area contributed by atoms with E-state index in [0.717, 1.165) is 12.8 Å². The van der Waals surface area contributed by atoms with Crippen LogP contribution in [0.2, 0.25) is 0 Å². The van der Waals surface area contributed by atoms with Gasteiger partial charge in [0.1, 0.15) is 6.10 Å². The third-order valence-electron chi connectivity index (χ3n) is 1.96. The lowest BCUT2D eigenvalue weighted by atomic mass is 10.2. The molecule has 1 rings (SSSR count). The molecule has 1 aliphatic carbocycles. The summed E-state index contributed by atoms with van der Waals surface area (Å²) >= 11 is 0. The van der Waals surface area contributed by atoms with Crippen molar-refractivity contribution in [2.45, 2.75) is 31.4 Å². The maximum Gasteiger partial charge on any atom is 0.404 e. The van der Waals surface area contributed by atoms with Crippen LogP contribution in [-0.4, -0.2) is 29.8 Å². The Labute approximate surface area is 69.7 Å². The van der Waals surface area contributed by atoms with Crippen molar-refractivity contribution in [2.75, 3.05) is 0 Å². The summed E-state index contributed by atoms with van der Waals surface area (Å²) in [6, 6.07) is -0.0625. The quantitative estimate of drug-likeness (QED) is 0.604. The molecule has 0 spiro atoms. The van der Waals surface area contributed by atoms with Crippen LogP contribution >= 0.6 is 0 Å². The molecule has 2 N–H and O–H groups in total. The van der Waals surface area contributed by atoms with E-state index in [0.29, 0.717) is 12.9 Å². The highest BCUT2D eigenvalue weighted by molar-refractivity contribution is 5.64. The van der Waals surface area contributed by atoms with Gasteiger partial charge in [-0.3, -0.25) is 4.79 Å². The van der Waals surface area contributed by atoms with Crippen molar-refractivity contribution in [1.82, 2.24) is 5.32 Å². The zero-order valence-corrected chi connectivity index (χ0v) is 6.53. The van der Waals surface area contributed by atoms with Gasteiger partial charge in [0.2, 0.25) is 0 Å². The second kappa shape index (κ2) is 3.94. The molecular formula is C7H11NO4. The lowest BCUT2D eigenvalue weighted by Crippen LogP contribution is -2.31. The van der Waals surface area contributed by atoms with Gasteiger partial charge in [0.25, 0.3) is 6.47 Å². The first-order valence-electron chi connectivity index (χ1n) is 3.81. The molecule has 0 radical (unpaired) electrons. The molecule has 68 valence electrons. The van der Waals surface area contributed by atoms with Crippen LogP contribution in [0, 0.1) is 0 Å². The molecule has 0 aromatic carbocycles. The van der Waals surface area contributed by atoms with Gasteiger partial charge in [0, 0.05) is 12.5 Å². The second-order valence-corrected chi connectivity index (χ2v) is 2.81. The summed E-state index contributed by atoms with van der Waals surface area (Å²) in [5.41, 5.74) is 0. The fourth-order valence-corrected chi connectivity index (χ4v) is 1.45. The Morgan fingerprint density at radius 3 is 2.92 bits per heavy atom. The van der Waals surface area contributed by atoms with Crippen LogP contribution < -0.4 is 5.32 Å². The van der Waals surface area contributed by atoms with E-state index < -0.39 is 6.09 Å². The predicted octanol–water partition coefficient (Wildman–Crippen LogP) is 0.348. The minimum Gasteiger partial charge on any atom is -0.465 e. The van der Waals surface area contributed by atoms with Crippen molar-refractivity contribution in [1.29, 1.82) is 0 Å². The van der Waals surface area contributed by atoms with E-state index in [1.54, 1.807) is 0 Å². The average molecular weight is 173 g/mol. The molecule has 1 amide bonds. The van der Waals surface area contributed by atoms with Crippen molar-refractivity contribution in [3.05, 3.63) is 0 Å².